The van der Waals surface area contributed by atoms with Gasteiger partial charge in [-0.3, -0.25) is 4.98 Å². The lowest BCUT2D eigenvalue weighted by Crippen LogP contribution is -2.12. The van der Waals surface area contributed by atoms with Crippen LogP contribution in [-0.4, -0.2) is 4.98 Å². The first-order valence-corrected chi connectivity index (χ1v) is 7.79. The molecule has 0 saturated carbocycles. The lowest BCUT2D eigenvalue weighted by Gasteiger charge is -2.15. The van der Waals surface area contributed by atoms with Crippen molar-refractivity contribution in [2.24, 2.45) is 5.73 Å². The van der Waals surface area contributed by atoms with Crippen molar-refractivity contribution in [3.63, 3.8) is 0 Å². The second kappa shape index (κ2) is 5.64. The van der Waals surface area contributed by atoms with Crippen molar-refractivity contribution in [1.29, 1.82) is 0 Å². The first-order valence-electron chi connectivity index (χ1n) is 6.20. The topological polar surface area (TPSA) is 38.9 Å². The van der Waals surface area contributed by atoms with E-state index in [4.69, 9.17) is 5.73 Å². The Morgan fingerprint density at radius 2 is 1.70 bits per heavy atom. The lowest BCUT2D eigenvalue weighted by atomic mass is 9.96. The van der Waals surface area contributed by atoms with Crippen molar-refractivity contribution in [1.82, 2.24) is 4.98 Å². The molecule has 1 atom stereocenters. The molecule has 100 valence electrons. The normalized spacial score (nSPS) is 12.6. The lowest BCUT2D eigenvalue weighted by molar-refractivity contribution is 0.878. The Morgan fingerprint density at radius 1 is 0.950 bits per heavy atom. The van der Waals surface area contributed by atoms with Crippen molar-refractivity contribution in [2.75, 3.05) is 0 Å². The summed E-state index contributed by atoms with van der Waals surface area (Å²) in [5, 5.41) is 1.10. The number of nitrogens with two attached hydrogens (primary N) is 1. The molecule has 0 saturated heterocycles. The summed E-state index contributed by atoms with van der Waals surface area (Å²) in [6.07, 6.45) is 1.80. The van der Waals surface area contributed by atoms with E-state index < -0.39 is 0 Å². The predicted molar refractivity (Wildman–Crippen MR) is 89.6 cm³/mol. The fourth-order valence-electron chi connectivity index (χ4n) is 2.33. The number of pyridine rings is 1. The molecule has 3 rings (SSSR count). The molecule has 0 fully saturated rings. The highest BCUT2D eigenvalue weighted by Gasteiger charge is 2.13. The van der Waals surface area contributed by atoms with Crippen molar-refractivity contribution in [3.8, 4) is 0 Å². The van der Waals surface area contributed by atoms with Gasteiger partial charge in [0.1, 0.15) is 0 Å². The van der Waals surface area contributed by atoms with Crippen LogP contribution in [0.2, 0.25) is 0 Å². The summed E-state index contributed by atoms with van der Waals surface area (Å²) in [5.41, 5.74) is 9.56. The molecule has 3 aromatic rings. The fraction of sp³-hybridized carbons (Fsp3) is 0.0625. The van der Waals surface area contributed by atoms with Gasteiger partial charge in [0.2, 0.25) is 0 Å². The molecule has 0 aliphatic rings. The molecular formula is C16H12Br2N2. The van der Waals surface area contributed by atoms with Crippen LogP contribution in [-0.2, 0) is 0 Å². The summed E-state index contributed by atoms with van der Waals surface area (Å²) in [4.78, 5) is 4.38. The number of hydrogen-bond acceptors (Lipinski definition) is 2. The van der Waals surface area contributed by atoms with Crippen LogP contribution in [0.25, 0.3) is 10.9 Å². The zero-order chi connectivity index (χ0) is 14.1. The van der Waals surface area contributed by atoms with E-state index >= 15 is 0 Å². The van der Waals surface area contributed by atoms with Crippen LogP contribution in [0.4, 0.5) is 0 Å². The highest BCUT2D eigenvalue weighted by atomic mass is 79.9. The van der Waals surface area contributed by atoms with Crippen molar-refractivity contribution >= 4 is 42.8 Å². The third-order valence-corrected chi connectivity index (χ3v) is 4.17. The van der Waals surface area contributed by atoms with E-state index in [9.17, 15) is 0 Å². The van der Waals surface area contributed by atoms with Gasteiger partial charge in [-0.1, -0.05) is 50.1 Å². The third kappa shape index (κ3) is 2.64. The van der Waals surface area contributed by atoms with Crippen LogP contribution in [0.15, 0.2) is 63.7 Å². The summed E-state index contributed by atoms with van der Waals surface area (Å²) in [5.74, 6) is 0. The van der Waals surface area contributed by atoms with E-state index in [1.165, 1.54) is 0 Å². The fourth-order valence-corrected chi connectivity index (χ4v) is 3.66. The van der Waals surface area contributed by atoms with E-state index in [2.05, 4.69) is 49.0 Å². The molecule has 2 N–H and O–H groups in total. The molecule has 1 heterocycles. The molecule has 0 aliphatic carbocycles. The smallest absolute Gasteiger partial charge is 0.0705 e. The van der Waals surface area contributed by atoms with Crippen LogP contribution in [0.5, 0.6) is 0 Å². The first-order chi connectivity index (χ1) is 9.65. The van der Waals surface area contributed by atoms with Crippen LogP contribution in [0.1, 0.15) is 17.2 Å². The molecule has 0 spiro atoms. The van der Waals surface area contributed by atoms with Crippen LogP contribution in [0.3, 0.4) is 0 Å². The van der Waals surface area contributed by atoms with Gasteiger partial charge in [-0.2, -0.15) is 0 Å². The average Bonchev–Trinajstić information content (AvgIpc) is 2.45. The molecule has 20 heavy (non-hydrogen) atoms. The van der Waals surface area contributed by atoms with Gasteiger partial charge >= 0.3 is 0 Å². The molecular weight excluding hydrogens is 380 g/mol. The first kappa shape index (κ1) is 13.7. The summed E-state index contributed by atoms with van der Waals surface area (Å²) >= 11 is 7.01. The largest absolute Gasteiger partial charge is 0.320 e. The van der Waals surface area contributed by atoms with Gasteiger partial charge in [-0.05, 0) is 41.5 Å². The summed E-state index contributed by atoms with van der Waals surface area (Å²) in [6, 6.07) is 16.0. The predicted octanol–water partition coefficient (Wildman–Crippen LogP) is 4.81. The summed E-state index contributed by atoms with van der Waals surface area (Å²) in [6.45, 7) is 0. The molecule has 2 nitrogen and oxygen atoms in total. The molecule has 0 aliphatic heterocycles. The second-order valence-electron chi connectivity index (χ2n) is 4.60. The number of fused-ring (bicyclic) bond motifs is 1. The molecule has 0 bridgehead atoms. The summed E-state index contributed by atoms with van der Waals surface area (Å²) in [7, 11) is 0. The van der Waals surface area contributed by atoms with Gasteiger partial charge < -0.3 is 5.73 Å². The van der Waals surface area contributed by atoms with Gasteiger partial charge in [0.05, 0.1) is 11.6 Å². The molecule has 1 unspecified atom stereocenters. The standard InChI is InChI=1S/C16H12Br2N2/c17-11-7-10(8-12(18)9-11)16(19)14-3-1-5-15-13(14)4-2-6-20-15/h1-9,16H,19H2. The number of aromatic nitrogens is 1. The van der Waals surface area contributed by atoms with E-state index in [0.717, 1.165) is 31.0 Å². The van der Waals surface area contributed by atoms with E-state index in [-0.39, 0.29) is 6.04 Å². The summed E-state index contributed by atoms with van der Waals surface area (Å²) < 4.78 is 2.02. The minimum absolute atomic E-state index is 0.184. The number of hydrogen-bond donors (Lipinski definition) is 1. The third-order valence-electron chi connectivity index (χ3n) is 3.26. The Morgan fingerprint density at radius 3 is 2.45 bits per heavy atom. The van der Waals surface area contributed by atoms with E-state index in [1.54, 1.807) is 6.20 Å². The number of halogens is 2. The monoisotopic (exact) mass is 390 g/mol. The van der Waals surface area contributed by atoms with E-state index in [1.807, 2.05) is 36.4 Å². The van der Waals surface area contributed by atoms with E-state index in [0.29, 0.717) is 0 Å². The zero-order valence-electron chi connectivity index (χ0n) is 10.6. The van der Waals surface area contributed by atoms with Crippen LogP contribution < -0.4 is 5.73 Å². The van der Waals surface area contributed by atoms with Gasteiger partial charge in [-0.15, -0.1) is 0 Å². The number of benzene rings is 2. The number of nitrogens with zero attached hydrogens (tertiary/aromatic N) is 1. The Kier molecular flexibility index (Phi) is 3.87. The van der Waals surface area contributed by atoms with Crippen molar-refractivity contribution in [2.45, 2.75) is 6.04 Å². The van der Waals surface area contributed by atoms with Crippen LogP contribution in [0, 0.1) is 0 Å². The molecule has 2 aromatic carbocycles. The molecule has 1 aromatic heterocycles. The Labute approximate surface area is 134 Å². The molecule has 0 amide bonds. The molecule has 4 heteroatoms. The quantitative estimate of drug-likeness (QED) is 0.680. The zero-order valence-corrected chi connectivity index (χ0v) is 13.7. The Bertz CT molecular complexity index is 746. The minimum atomic E-state index is -0.184. The highest BCUT2D eigenvalue weighted by molar-refractivity contribution is 9.11. The average molecular weight is 392 g/mol. The minimum Gasteiger partial charge on any atom is -0.320 e. The maximum atomic E-state index is 6.45. The van der Waals surface area contributed by atoms with Gasteiger partial charge in [0, 0.05) is 20.5 Å². The van der Waals surface area contributed by atoms with Gasteiger partial charge in [-0.25, -0.2) is 0 Å². The second-order valence-corrected chi connectivity index (χ2v) is 6.43. The number of rotatable bonds is 2. The van der Waals surface area contributed by atoms with Crippen molar-refractivity contribution < 1.29 is 0 Å². The highest BCUT2D eigenvalue weighted by Crippen LogP contribution is 2.30. The SMILES string of the molecule is NC(c1cc(Br)cc(Br)c1)c1cccc2ncccc12. The Balaban J connectivity index is 2.15. The van der Waals surface area contributed by atoms with Gasteiger partial charge in [0.15, 0.2) is 0 Å². The maximum absolute atomic E-state index is 6.45. The maximum Gasteiger partial charge on any atom is 0.0705 e. The van der Waals surface area contributed by atoms with Crippen molar-refractivity contribution in [3.05, 3.63) is 74.8 Å². The van der Waals surface area contributed by atoms with Crippen LogP contribution >= 0.6 is 31.9 Å². The Hall–Kier alpha value is -1.23. The van der Waals surface area contributed by atoms with Gasteiger partial charge in [0.25, 0.3) is 0 Å². The molecule has 0 radical (unpaired) electrons.